The van der Waals surface area contributed by atoms with Gasteiger partial charge in [-0.05, 0) is 39.5 Å². The first-order valence-corrected chi connectivity index (χ1v) is 7.02. The molecule has 1 amide bonds. The number of aromatic amines is 1. The fourth-order valence-corrected chi connectivity index (χ4v) is 2.39. The van der Waals surface area contributed by atoms with E-state index in [1.54, 1.807) is 17.3 Å². The summed E-state index contributed by atoms with van der Waals surface area (Å²) in [5.41, 5.74) is -0.471. The van der Waals surface area contributed by atoms with E-state index >= 15 is 0 Å². The van der Waals surface area contributed by atoms with Crippen LogP contribution in [0, 0.1) is 5.92 Å². The van der Waals surface area contributed by atoms with Crippen molar-refractivity contribution < 1.29 is 14.6 Å². The Morgan fingerprint density at radius 1 is 1.50 bits per heavy atom. The molecule has 0 saturated carbocycles. The van der Waals surface area contributed by atoms with Crippen molar-refractivity contribution >= 4 is 6.09 Å². The van der Waals surface area contributed by atoms with Gasteiger partial charge < -0.3 is 19.7 Å². The quantitative estimate of drug-likeness (QED) is 0.870. The second-order valence-electron chi connectivity index (χ2n) is 6.22. The summed E-state index contributed by atoms with van der Waals surface area (Å²) in [5.74, 6) is 0.723. The maximum Gasteiger partial charge on any atom is 0.410 e. The number of hydrogen-bond acceptors (Lipinski definition) is 4. The van der Waals surface area contributed by atoms with Crippen molar-refractivity contribution in [2.24, 2.45) is 5.92 Å². The van der Waals surface area contributed by atoms with Gasteiger partial charge in [0.1, 0.15) is 17.5 Å². The Morgan fingerprint density at radius 3 is 2.65 bits per heavy atom. The molecule has 0 spiro atoms. The lowest BCUT2D eigenvalue weighted by atomic mass is 9.91. The second-order valence-corrected chi connectivity index (χ2v) is 6.22. The molecule has 1 atom stereocenters. The molecule has 0 bridgehead atoms. The number of nitrogens with one attached hydrogen (secondary N) is 1. The molecule has 2 N–H and O–H groups in total. The van der Waals surface area contributed by atoms with Crippen LogP contribution >= 0.6 is 0 Å². The number of imidazole rings is 1. The molecular formula is C14H23N3O3. The van der Waals surface area contributed by atoms with Gasteiger partial charge in [-0.15, -0.1) is 0 Å². The molecule has 20 heavy (non-hydrogen) atoms. The predicted molar refractivity (Wildman–Crippen MR) is 74.1 cm³/mol. The minimum Gasteiger partial charge on any atom is -0.444 e. The minimum atomic E-state index is -0.592. The number of likely N-dealkylation sites (tertiary alicyclic amines) is 1. The van der Waals surface area contributed by atoms with Crippen molar-refractivity contribution in [1.82, 2.24) is 14.9 Å². The topological polar surface area (TPSA) is 78.4 Å². The molecule has 6 heteroatoms. The van der Waals surface area contributed by atoms with E-state index in [-0.39, 0.29) is 12.0 Å². The zero-order chi connectivity index (χ0) is 14.8. The predicted octanol–water partition coefficient (Wildman–Crippen LogP) is 2.09. The highest BCUT2D eigenvalue weighted by molar-refractivity contribution is 5.68. The van der Waals surface area contributed by atoms with Crippen LogP contribution in [0.1, 0.15) is 45.5 Å². The number of aliphatic hydroxyl groups excluding tert-OH is 1. The summed E-state index contributed by atoms with van der Waals surface area (Å²) in [5, 5.41) is 10.2. The Hall–Kier alpha value is -1.56. The van der Waals surface area contributed by atoms with E-state index < -0.39 is 11.7 Å². The third kappa shape index (κ3) is 3.72. The molecule has 1 saturated heterocycles. The van der Waals surface area contributed by atoms with Crippen LogP contribution in [0.2, 0.25) is 0 Å². The molecule has 1 unspecified atom stereocenters. The molecule has 0 aromatic carbocycles. The van der Waals surface area contributed by atoms with Gasteiger partial charge in [-0.1, -0.05) is 0 Å². The summed E-state index contributed by atoms with van der Waals surface area (Å²) < 4.78 is 5.35. The first-order valence-electron chi connectivity index (χ1n) is 7.02. The molecular weight excluding hydrogens is 258 g/mol. The minimum absolute atomic E-state index is 0.125. The number of aromatic nitrogens is 2. The highest BCUT2D eigenvalue weighted by Crippen LogP contribution is 2.29. The highest BCUT2D eigenvalue weighted by atomic mass is 16.6. The van der Waals surface area contributed by atoms with Crippen LogP contribution in [0.5, 0.6) is 0 Å². The summed E-state index contributed by atoms with van der Waals surface area (Å²) in [4.78, 5) is 20.7. The van der Waals surface area contributed by atoms with Crippen molar-refractivity contribution in [1.29, 1.82) is 0 Å². The van der Waals surface area contributed by atoms with Gasteiger partial charge in [0.25, 0.3) is 0 Å². The number of carbonyl (C=O) groups is 1. The smallest absolute Gasteiger partial charge is 0.410 e. The fraction of sp³-hybridized carbons (Fsp3) is 0.714. The summed E-state index contributed by atoms with van der Waals surface area (Å²) in [6.45, 7) is 6.80. The lowest BCUT2D eigenvalue weighted by Crippen LogP contribution is -2.42. The molecule has 2 heterocycles. The Kier molecular flexibility index (Phi) is 4.32. The van der Waals surface area contributed by atoms with Crippen LogP contribution in [-0.4, -0.2) is 44.8 Å². The van der Waals surface area contributed by atoms with Gasteiger partial charge in [0.2, 0.25) is 0 Å². The van der Waals surface area contributed by atoms with Crippen LogP contribution in [0.15, 0.2) is 12.4 Å². The van der Waals surface area contributed by atoms with Gasteiger partial charge in [0.05, 0.1) is 0 Å². The lowest BCUT2D eigenvalue weighted by molar-refractivity contribution is 0.00665. The molecule has 1 aliphatic heterocycles. The van der Waals surface area contributed by atoms with E-state index in [9.17, 15) is 9.90 Å². The maximum absolute atomic E-state index is 11.9. The van der Waals surface area contributed by atoms with Gasteiger partial charge in [-0.3, -0.25) is 0 Å². The maximum atomic E-state index is 11.9. The Balaban J connectivity index is 1.85. The fourth-order valence-electron chi connectivity index (χ4n) is 2.39. The molecule has 1 aliphatic rings. The summed E-state index contributed by atoms with van der Waals surface area (Å²) >= 11 is 0. The van der Waals surface area contributed by atoms with E-state index in [4.69, 9.17) is 4.74 Å². The number of hydrogen-bond donors (Lipinski definition) is 2. The number of piperidine rings is 1. The Bertz CT molecular complexity index is 431. The standard InChI is InChI=1S/C14H23N3O3/c1-14(2,3)20-13(19)17-8-4-10(5-9-17)11(18)12-15-6-7-16-12/h6-7,10-11,18H,4-5,8-9H2,1-3H3,(H,15,16). The highest BCUT2D eigenvalue weighted by Gasteiger charge is 2.31. The lowest BCUT2D eigenvalue weighted by Gasteiger charge is -2.34. The van der Waals surface area contributed by atoms with E-state index in [2.05, 4.69) is 9.97 Å². The first-order chi connectivity index (χ1) is 9.37. The summed E-state index contributed by atoms with van der Waals surface area (Å²) in [7, 11) is 0. The van der Waals surface area contributed by atoms with Gasteiger partial charge in [-0.25, -0.2) is 9.78 Å². The first kappa shape index (κ1) is 14.8. The molecule has 1 aromatic heterocycles. The van der Waals surface area contributed by atoms with Gasteiger partial charge in [-0.2, -0.15) is 0 Å². The number of ether oxygens (including phenoxy) is 1. The van der Waals surface area contributed by atoms with Crippen molar-refractivity contribution in [2.45, 2.75) is 45.3 Å². The van der Waals surface area contributed by atoms with E-state index in [0.29, 0.717) is 18.9 Å². The molecule has 1 aromatic rings. The zero-order valence-corrected chi connectivity index (χ0v) is 12.3. The molecule has 0 aliphatic carbocycles. The number of rotatable bonds is 2. The van der Waals surface area contributed by atoms with Gasteiger partial charge in [0.15, 0.2) is 0 Å². The largest absolute Gasteiger partial charge is 0.444 e. The van der Waals surface area contributed by atoms with Crippen LogP contribution in [0.3, 0.4) is 0 Å². The van der Waals surface area contributed by atoms with Crippen molar-refractivity contribution in [3.63, 3.8) is 0 Å². The average Bonchev–Trinajstić information content (AvgIpc) is 2.90. The zero-order valence-electron chi connectivity index (χ0n) is 12.3. The van der Waals surface area contributed by atoms with Crippen LogP contribution in [0.4, 0.5) is 4.79 Å². The van der Waals surface area contributed by atoms with E-state index in [1.807, 2.05) is 20.8 Å². The SMILES string of the molecule is CC(C)(C)OC(=O)N1CCC(C(O)c2ncc[nH]2)CC1. The third-order valence-corrected chi connectivity index (χ3v) is 3.44. The summed E-state index contributed by atoms with van der Waals surface area (Å²) in [6, 6.07) is 0. The monoisotopic (exact) mass is 281 g/mol. The third-order valence-electron chi connectivity index (χ3n) is 3.44. The average molecular weight is 281 g/mol. The van der Waals surface area contributed by atoms with Crippen molar-refractivity contribution in [2.75, 3.05) is 13.1 Å². The van der Waals surface area contributed by atoms with E-state index in [1.165, 1.54) is 0 Å². The number of aliphatic hydroxyl groups is 1. The molecule has 0 radical (unpaired) electrons. The van der Waals surface area contributed by atoms with Crippen molar-refractivity contribution in [3.05, 3.63) is 18.2 Å². The number of H-pyrrole nitrogens is 1. The van der Waals surface area contributed by atoms with Crippen molar-refractivity contribution in [3.8, 4) is 0 Å². The molecule has 112 valence electrons. The molecule has 1 fully saturated rings. The number of carbonyl (C=O) groups excluding carboxylic acids is 1. The Labute approximate surface area is 119 Å². The normalized spacial score (nSPS) is 18.9. The van der Waals surface area contributed by atoms with E-state index in [0.717, 1.165) is 12.8 Å². The van der Waals surface area contributed by atoms with Crippen LogP contribution < -0.4 is 0 Å². The number of nitrogens with zero attached hydrogens (tertiary/aromatic N) is 2. The second kappa shape index (κ2) is 5.83. The Morgan fingerprint density at radius 2 is 2.15 bits per heavy atom. The van der Waals surface area contributed by atoms with Crippen LogP contribution in [0.25, 0.3) is 0 Å². The number of amides is 1. The molecule has 6 nitrogen and oxygen atoms in total. The van der Waals surface area contributed by atoms with Crippen LogP contribution in [-0.2, 0) is 4.74 Å². The summed E-state index contributed by atoms with van der Waals surface area (Å²) in [6.07, 6.45) is 3.97. The van der Waals surface area contributed by atoms with Gasteiger partial charge in [0, 0.05) is 25.5 Å². The van der Waals surface area contributed by atoms with Gasteiger partial charge >= 0.3 is 6.09 Å². The molecule has 2 rings (SSSR count).